The molecular formula is C34H36N2O4. The van der Waals surface area contributed by atoms with E-state index in [1.54, 1.807) is 19.1 Å². The van der Waals surface area contributed by atoms with E-state index in [1.807, 2.05) is 109 Å². The van der Waals surface area contributed by atoms with E-state index >= 15 is 0 Å². The van der Waals surface area contributed by atoms with E-state index in [2.05, 4.69) is 5.32 Å². The quantitative estimate of drug-likeness (QED) is 0.242. The smallest absolute Gasteiger partial charge is 0.243 e. The third-order valence-electron chi connectivity index (χ3n) is 6.88. The normalized spacial score (nSPS) is 11.3. The molecule has 0 aliphatic carbocycles. The minimum Gasteiger partial charge on any atom is -0.497 e. The van der Waals surface area contributed by atoms with Crippen molar-refractivity contribution >= 4 is 11.8 Å². The second-order valence-corrected chi connectivity index (χ2v) is 9.63. The van der Waals surface area contributed by atoms with Crippen molar-refractivity contribution in [3.8, 4) is 11.5 Å². The molecule has 2 amide bonds. The van der Waals surface area contributed by atoms with Crippen molar-refractivity contribution < 1.29 is 19.1 Å². The Morgan fingerprint density at radius 1 is 0.675 bits per heavy atom. The van der Waals surface area contributed by atoms with E-state index in [9.17, 15) is 9.59 Å². The van der Waals surface area contributed by atoms with Crippen LogP contribution >= 0.6 is 0 Å². The molecule has 0 saturated carbocycles. The highest BCUT2D eigenvalue weighted by Gasteiger charge is 2.30. The molecule has 1 unspecified atom stereocenters. The number of ether oxygens (including phenoxy) is 2. The van der Waals surface area contributed by atoms with Gasteiger partial charge in [0.25, 0.3) is 0 Å². The molecule has 1 N–H and O–H groups in total. The van der Waals surface area contributed by atoms with Crippen LogP contribution in [0.15, 0.2) is 109 Å². The van der Waals surface area contributed by atoms with Gasteiger partial charge < -0.3 is 19.7 Å². The molecule has 4 rings (SSSR count). The monoisotopic (exact) mass is 536 g/mol. The van der Waals surface area contributed by atoms with Crippen LogP contribution in [0.2, 0.25) is 0 Å². The molecular weight excluding hydrogens is 500 g/mol. The molecule has 0 fully saturated rings. The standard InChI is InChI=1S/C34H36N2O4/c1-39-30-18-13-28(14-19-30)24-35-34(38)32(23-27-11-7-4-8-12-27)36(25-29-15-20-31(40-2)21-16-29)33(37)22-17-26-9-5-3-6-10-26/h3-16,18-21,32H,17,22-25H2,1-2H3,(H,35,38). The first-order chi connectivity index (χ1) is 19.6. The molecule has 206 valence electrons. The molecule has 0 aliphatic heterocycles. The fourth-order valence-electron chi connectivity index (χ4n) is 4.57. The van der Waals surface area contributed by atoms with Crippen LogP contribution in [-0.2, 0) is 35.5 Å². The third-order valence-corrected chi connectivity index (χ3v) is 6.88. The lowest BCUT2D eigenvalue weighted by atomic mass is 10.0. The van der Waals surface area contributed by atoms with Gasteiger partial charge in [-0.05, 0) is 52.9 Å². The molecule has 1 atom stereocenters. The third kappa shape index (κ3) is 8.21. The van der Waals surface area contributed by atoms with Gasteiger partial charge in [0.05, 0.1) is 14.2 Å². The average molecular weight is 537 g/mol. The summed E-state index contributed by atoms with van der Waals surface area (Å²) in [5.74, 6) is 1.23. The zero-order valence-electron chi connectivity index (χ0n) is 23.1. The number of benzene rings is 4. The Labute approximate surface area is 236 Å². The van der Waals surface area contributed by atoms with Crippen molar-refractivity contribution in [1.29, 1.82) is 0 Å². The number of aryl methyl sites for hydroxylation is 1. The predicted octanol–water partition coefficient (Wildman–Crippen LogP) is 5.59. The van der Waals surface area contributed by atoms with Gasteiger partial charge in [0.2, 0.25) is 11.8 Å². The summed E-state index contributed by atoms with van der Waals surface area (Å²) in [5.41, 5.74) is 3.95. The zero-order valence-corrected chi connectivity index (χ0v) is 23.1. The molecule has 0 bridgehead atoms. The number of hydrogen-bond acceptors (Lipinski definition) is 4. The van der Waals surface area contributed by atoms with Crippen molar-refractivity contribution in [3.63, 3.8) is 0 Å². The summed E-state index contributed by atoms with van der Waals surface area (Å²) < 4.78 is 10.6. The molecule has 0 radical (unpaired) electrons. The molecule has 0 saturated heterocycles. The molecule has 6 heteroatoms. The van der Waals surface area contributed by atoms with Crippen LogP contribution in [0.3, 0.4) is 0 Å². The van der Waals surface area contributed by atoms with Crippen molar-refractivity contribution in [3.05, 3.63) is 131 Å². The van der Waals surface area contributed by atoms with Crippen LogP contribution in [0, 0.1) is 0 Å². The number of hydrogen-bond donors (Lipinski definition) is 1. The number of amides is 2. The summed E-state index contributed by atoms with van der Waals surface area (Å²) in [7, 11) is 3.24. The molecule has 0 aromatic heterocycles. The predicted molar refractivity (Wildman–Crippen MR) is 157 cm³/mol. The summed E-state index contributed by atoms with van der Waals surface area (Å²) >= 11 is 0. The van der Waals surface area contributed by atoms with E-state index in [0.29, 0.717) is 32.4 Å². The van der Waals surface area contributed by atoms with Crippen molar-refractivity contribution in [2.24, 2.45) is 0 Å². The lowest BCUT2D eigenvalue weighted by Gasteiger charge is -2.32. The second-order valence-electron chi connectivity index (χ2n) is 9.63. The van der Waals surface area contributed by atoms with Crippen molar-refractivity contribution in [1.82, 2.24) is 10.2 Å². The fourth-order valence-corrected chi connectivity index (χ4v) is 4.57. The van der Waals surface area contributed by atoms with E-state index in [0.717, 1.165) is 33.8 Å². The van der Waals surface area contributed by atoms with Gasteiger partial charge in [-0.25, -0.2) is 0 Å². The van der Waals surface area contributed by atoms with Gasteiger partial charge in [-0.1, -0.05) is 84.9 Å². The van der Waals surface area contributed by atoms with Gasteiger partial charge in [0, 0.05) is 25.9 Å². The molecule has 0 aliphatic rings. The van der Waals surface area contributed by atoms with E-state index in [-0.39, 0.29) is 11.8 Å². The van der Waals surface area contributed by atoms with E-state index < -0.39 is 6.04 Å². The van der Waals surface area contributed by atoms with Crippen LogP contribution < -0.4 is 14.8 Å². The highest BCUT2D eigenvalue weighted by Crippen LogP contribution is 2.19. The van der Waals surface area contributed by atoms with Crippen LogP contribution in [0.25, 0.3) is 0 Å². The minimum absolute atomic E-state index is 0.0693. The Morgan fingerprint density at radius 2 is 1.20 bits per heavy atom. The van der Waals surface area contributed by atoms with Gasteiger partial charge >= 0.3 is 0 Å². The van der Waals surface area contributed by atoms with Gasteiger partial charge in [-0.3, -0.25) is 9.59 Å². The summed E-state index contributed by atoms with van der Waals surface area (Å²) in [4.78, 5) is 29.4. The summed E-state index contributed by atoms with van der Waals surface area (Å²) in [5, 5.41) is 3.08. The number of methoxy groups -OCH3 is 2. The first-order valence-corrected chi connectivity index (χ1v) is 13.5. The van der Waals surface area contributed by atoms with Crippen LogP contribution in [0.5, 0.6) is 11.5 Å². The first kappa shape index (κ1) is 28.4. The largest absolute Gasteiger partial charge is 0.497 e. The van der Waals surface area contributed by atoms with Crippen LogP contribution in [0.4, 0.5) is 0 Å². The maximum Gasteiger partial charge on any atom is 0.243 e. The number of nitrogens with zero attached hydrogens (tertiary/aromatic N) is 1. The van der Waals surface area contributed by atoms with Gasteiger partial charge in [-0.2, -0.15) is 0 Å². The lowest BCUT2D eigenvalue weighted by Crippen LogP contribution is -2.50. The number of carbonyl (C=O) groups is 2. The summed E-state index contributed by atoms with van der Waals surface area (Å²) in [6.07, 6.45) is 1.31. The van der Waals surface area contributed by atoms with E-state index in [4.69, 9.17) is 9.47 Å². The summed E-state index contributed by atoms with van der Waals surface area (Å²) in [6, 6.07) is 34.3. The van der Waals surface area contributed by atoms with Crippen LogP contribution in [-0.4, -0.2) is 37.0 Å². The zero-order chi connectivity index (χ0) is 28.2. The highest BCUT2D eigenvalue weighted by molar-refractivity contribution is 5.88. The van der Waals surface area contributed by atoms with E-state index in [1.165, 1.54) is 0 Å². The Kier molecular flexibility index (Phi) is 10.3. The number of nitrogens with one attached hydrogen (secondary N) is 1. The number of rotatable bonds is 13. The van der Waals surface area contributed by atoms with Gasteiger partial charge in [0.15, 0.2) is 0 Å². The molecule has 4 aromatic rings. The Hall–Kier alpha value is -4.58. The molecule has 0 heterocycles. The topological polar surface area (TPSA) is 67.9 Å². The Bertz CT molecular complexity index is 1340. The number of carbonyl (C=O) groups excluding carboxylic acids is 2. The SMILES string of the molecule is COc1ccc(CNC(=O)C(Cc2ccccc2)N(Cc2ccc(OC)cc2)C(=O)CCc2ccccc2)cc1. The average Bonchev–Trinajstić information content (AvgIpc) is 3.02. The molecule has 6 nitrogen and oxygen atoms in total. The highest BCUT2D eigenvalue weighted by atomic mass is 16.5. The maximum atomic E-state index is 13.8. The second kappa shape index (κ2) is 14.5. The Balaban J connectivity index is 1.59. The molecule has 40 heavy (non-hydrogen) atoms. The molecule has 4 aromatic carbocycles. The fraction of sp³-hybridized carbons (Fsp3) is 0.235. The van der Waals surface area contributed by atoms with Crippen molar-refractivity contribution in [2.75, 3.05) is 14.2 Å². The molecule has 0 spiro atoms. The minimum atomic E-state index is -0.689. The summed E-state index contributed by atoms with van der Waals surface area (Å²) in [6.45, 7) is 0.660. The van der Waals surface area contributed by atoms with Crippen molar-refractivity contribution in [2.45, 2.75) is 38.4 Å². The maximum absolute atomic E-state index is 13.8. The van der Waals surface area contributed by atoms with Gasteiger partial charge in [-0.15, -0.1) is 0 Å². The lowest BCUT2D eigenvalue weighted by molar-refractivity contribution is -0.141. The van der Waals surface area contributed by atoms with Gasteiger partial charge in [0.1, 0.15) is 17.5 Å². The Morgan fingerprint density at radius 3 is 1.75 bits per heavy atom. The van der Waals surface area contributed by atoms with Crippen LogP contribution in [0.1, 0.15) is 28.7 Å². The first-order valence-electron chi connectivity index (χ1n) is 13.5.